The number of carbonyl (C=O) groups is 1. The summed E-state index contributed by atoms with van der Waals surface area (Å²) in [7, 11) is 0. The quantitative estimate of drug-likeness (QED) is 0.814. The number of benzene rings is 1. The molecule has 0 aliphatic carbocycles. The summed E-state index contributed by atoms with van der Waals surface area (Å²) in [5.74, 6) is -1.54. The van der Waals surface area contributed by atoms with Crippen molar-refractivity contribution in [2.24, 2.45) is 0 Å². The van der Waals surface area contributed by atoms with Crippen molar-refractivity contribution in [2.45, 2.75) is 25.4 Å². The van der Waals surface area contributed by atoms with Crippen LogP contribution >= 0.6 is 0 Å². The fourth-order valence-corrected chi connectivity index (χ4v) is 4.84. The zero-order valence-electron chi connectivity index (χ0n) is 16.8. The smallest absolute Gasteiger partial charge is 0.341 e. The SMILES string of the molecule is C[C@H]1COc2c(N3CC[C@H](N4CCOCC4)C3)c(F)cc3c(=O)c(C(=O)O)cn1c23. The van der Waals surface area contributed by atoms with Gasteiger partial charge in [-0.3, -0.25) is 9.69 Å². The monoisotopic (exact) mass is 417 g/mol. The Morgan fingerprint density at radius 1 is 1.27 bits per heavy atom. The summed E-state index contributed by atoms with van der Waals surface area (Å²) in [6.07, 6.45) is 2.27. The molecule has 160 valence electrons. The first-order valence-corrected chi connectivity index (χ1v) is 10.3. The number of rotatable bonds is 3. The fraction of sp³-hybridized carbons (Fsp3) is 0.524. The fourth-order valence-electron chi connectivity index (χ4n) is 4.84. The van der Waals surface area contributed by atoms with E-state index in [2.05, 4.69) is 4.90 Å². The summed E-state index contributed by atoms with van der Waals surface area (Å²) >= 11 is 0. The molecule has 3 aliphatic heterocycles. The van der Waals surface area contributed by atoms with Gasteiger partial charge in [0, 0.05) is 38.4 Å². The molecule has 2 saturated heterocycles. The number of halogens is 1. The predicted molar refractivity (Wildman–Crippen MR) is 108 cm³/mol. The highest BCUT2D eigenvalue weighted by atomic mass is 19.1. The third kappa shape index (κ3) is 2.95. The van der Waals surface area contributed by atoms with Gasteiger partial charge in [-0.2, -0.15) is 0 Å². The first-order chi connectivity index (χ1) is 14.5. The molecule has 1 aromatic heterocycles. The summed E-state index contributed by atoms with van der Waals surface area (Å²) in [5.41, 5.74) is -0.218. The van der Waals surface area contributed by atoms with Crippen LogP contribution in [0, 0.1) is 5.82 Å². The van der Waals surface area contributed by atoms with Gasteiger partial charge in [-0.05, 0) is 19.4 Å². The molecule has 0 radical (unpaired) electrons. The molecule has 0 amide bonds. The average Bonchev–Trinajstić information content (AvgIpc) is 3.22. The molecule has 2 aromatic rings. The lowest BCUT2D eigenvalue weighted by atomic mass is 10.1. The van der Waals surface area contributed by atoms with Gasteiger partial charge in [-0.25, -0.2) is 9.18 Å². The molecular weight excluding hydrogens is 393 g/mol. The second-order valence-corrected chi connectivity index (χ2v) is 8.21. The molecule has 9 heteroatoms. The van der Waals surface area contributed by atoms with Crippen molar-refractivity contribution >= 4 is 22.6 Å². The summed E-state index contributed by atoms with van der Waals surface area (Å²) < 4.78 is 28.4. The van der Waals surface area contributed by atoms with Crippen molar-refractivity contribution in [1.29, 1.82) is 0 Å². The van der Waals surface area contributed by atoms with E-state index in [1.54, 1.807) is 4.57 Å². The summed E-state index contributed by atoms with van der Waals surface area (Å²) in [6, 6.07) is 1.31. The molecule has 2 atom stereocenters. The van der Waals surface area contributed by atoms with Crippen LogP contribution in [0.15, 0.2) is 17.1 Å². The second kappa shape index (κ2) is 7.24. The van der Waals surface area contributed by atoms with E-state index in [-0.39, 0.29) is 23.6 Å². The maximum Gasteiger partial charge on any atom is 0.341 e. The van der Waals surface area contributed by atoms with Crippen molar-refractivity contribution in [2.75, 3.05) is 50.9 Å². The third-order valence-electron chi connectivity index (χ3n) is 6.41. The summed E-state index contributed by atoms with van der Waals surface area (Å²) in [6.45, 7) is 6.69. The highest BCUT2D eigenvalue weighted by Gasteiger charge is 2.35. The van der Waals surface area contributed by atoms with Crippen LogP contribution in [0.2, 0.25) is 0 Å². The maximum atomic E-state index is 15.3. The molecule has 0 spiro atoms. The Bertz CT molecular complexity index is 1080. The number of anilines is 1. The van der Waals surface area contributed by atoms with E-state index < -0.39 is 17.2 Å². The number of ether oxygens (including phenoxy) is 2. The van der Waals surface area contributed by atoms with Crippen molar-refractivity contribution in [1.82, 2.24) is 9.47 Å². The highest BCUT2D eigenvalue weighted by Crippen LogP contribution is 2.43. The van der Waals surface area contributed by atoms with Crippen LogP contribution in [0.3, 0.4) is 0 Å². The number of morpholine rings is 1. The van der Waals surface area contributed by atoms with Gasteiger partial charge in [-0.1, -0.05) is 0 Å². The second-order valence-electron chi connectivity index (χ2n) is 8.21. The van der Waals surface area contributed by atoms with E-state index in [1.807, 2.05) is 11.8 Å². The molecule has 4 heterocycles. The Morgan fingerprint density at radius 2 is 2.03 bits per heavy atom. The molecule has 5 rings (SSSR count). The first kappa shape index (κ1) is 19.3. The molecule has 0 unspecified atom stereocenters. The first-order valence-electron chi connectivity index (χ1n) is 10.3. The van der Waals surface area contributed by atoms with E-state index in [4.69, 9.17) is 9.47 Å². The minimum Gasteiger partial charge on any atom is -0.487 e. The van der Waals surface area contributed by atoms with Crippen LogP contribution in [0.25, 0.3) is 10.9 Å². The lowest BCUT2D eigenvalue weighted by Crippen LogP contribution is -2.44. The number of nitrogens with zero attached hydrogens (tertiary/aromatic N) is 3. The number of hydrogen-bond acceptors (Lipinski definition) is 6. The third-order valence-corrected chi connectivity index (χ3v) is 6.41. The van der Waals surface area contributed by atoms with Crippen LogP contribution in [0.1, 0.15) is 29.7 Å². The zero-order valence-corrected chi connectivity index (χ0v) is 16.8. The Balaban J connectivity index is 1.61. The molecule has 2 fully saturated rings. The van der Waals surface area contributed by atoms with Gasteiger partial charge < -0.3 is 24.0 Å². The molecule has 3 aliphatic rings. The summed E-state index contributed by atoms with van der Waals surface area (Å²) in [4.78, 5) is 28.6. The normalized spacial score (nSPS) is 24.3. The number of aromatic carboxylic acids is 1. The molecule has 0 bridgehead atoms. The van der Waals surface area contributed by atoms with Crippen molar-refractivity contribution < 1.29 is 23.8 Å². The molecule has 1 N–H and O–H groups in total. The van der Waals surface area contributed by atoms with E-state index in [1.165, 1.54) is 12.3 Å². The molecular formula is C21H24FN3O5. The van der Waals surface area contributed by atoms with Gasteiger partial charge in [-0.15, -0.1) is 0 Å². The number of aromatic nitrogens is 1. The number of pyridine rings is 1. The standard InChI is InChI=1S/C21H24FN3O5/c1-12-11-30-20-17-14(19(26)15(21(27)28)10-25(12)17)8-16(22)18(20)24-3-2-13(9-24)23-4-6-29-7-5-23/h8,10,12-13H,2-7,9,11H2,1H3,(H,27,28)/t12-,13-/m0/s1. The largest absolute Gasteiger partial charge is 0.487 e. The lowest BCUT2D eigenvalue weighted by molar-refractivity contribution is 0.0209. The summed E-state index contributed by atoms with van der Waals surface area (Å²) in [5, 5.41) is 9.45. The average molecular weight is 417 g/mol. The topological polar surface area (TPSA) is 84.2 Å². The van der Waals surface area contributed by atoms with Crippen molar-refractivity contribution in [3.8, 4) is 5.75 Å². The van der Waals surface area contributed by atoms with E-state index in [0.717, 1.165) is 19.5 Å². The van der Waals surface area contributed by atoms with Crippen molar-refractivity contribution in [3.05, 3.63) is 33.9 Å². The number of carboxylic acids is 1. The molecule has 8 nitrogen and oxygen atoms in total. The van der Waals surface area contributed by atoms with Crippen molar-refractivity contribution in [3.63, 3.8) is 0 Å². The zero-order chi connectivity index (χ0) is 21.0. The van der Waals surface area contributed by atoms with Gasteiger partial charge in [0.15, 0.2) is 11.6 Å². The Morgan fingerprint density at radius 3 is 2.77 bits per heavy atom. The van der Waals surface area contributed by atoms with Crippen LogP contribution in [0.5, 0.6) is 5.75 Å². The van der Waals surface area contributed by atoms with Gasteiger partial charge in [0.25, 0.3) is 0 Å². The minimum atomic E-state index is -1.32. The van der Waals surface area contributed by atoms with Gasteiger partial charge in [0.05, 0.1) is 30.2 Å². The Labute approximate surface area is 172 Å². The van der Waals surface area contributed by atoms with E-state index in [9.17, 15) is 14.7 Å². The highest BCUT2D eigenvalue weighted by molar-refractivity contribution is 5.97. The Hall–Kier alpha value is -2.65. The van der Waals surface area contributed by atoms with Gasteiger partial charge in [0.1, 0.15) is 17.9 Å². The molecule has 30 heavy (non-hydrogen) atoms. The Kier molecular flexibility index (Phi) is 4.67. The predicted octanol–water partition coefficient (Wildman–Crippen LogP) is 1.70. The van der Waals surface area contributed by atoms with Gasteiger partial charge >= 0.3 is 5.97 Å². The van der Waals surface area contributed by atoms with Gasteiger partial charge in [0.2, 0.25) is 5.43 Å². The molecule has 1 aromatic carbocycles. The number of hydrogen-bond donors (Lipinski definition) is 1. The van der Waals surface area contributed by atoms with Crippen LogP contribution in [-0.4, -0.2) is 72.6 Å². The van der Waals surface area contributed by atoms with Crippen LogP contribution in [0.4, 0.5) is 10.1 Å². The van der Waals surface area contributed by atoms with Crippen LogP contribution < -0.4 is 15.1 Å². The van der Waals surface area contributed by atoms with Crippen LogP contribution in [-0.2, 0) is 4.74 Å². The lowest BCUT2D eigenvalue weighted by Gasteiger charge is -2.33. The maximum absolute atomic E-state index is 15.3. The minimum absolute atomic E-state index is 0.0432. The van der Waals surface area contributed by atoms with E-state index in [0.29, 0.717) is 49.3 Å². The number of carboxylic acid groups (broad SMARTS) is 1. The van der Waals surface area contributed by atoms with E-state index >= 15 is 4.39 Å². The molecule has 0 saturated carbocycles.